The molecule has 0 saturated carbocycles. The maximum Gasteiger partial charge on any atom is 0.422 e. The van der Waals surface area contributed by atoms with E-state index in [1.807, 2.05) is 0 Å². The van der Waals surface area contributed by atoms with Gasteiger partial charge in [0.25, 0.3) is 0 Å². The second-order valence-electron chi connectivity index (χ2n) is 4.49. The molecule has 0 spiro atoms. The van der Waals surface area contributed by atoms with Gasteiger partial charge in [0.2, 0.25) is 5.54 Å². The molecule has 0 heterocycles. The minimum atomic E-state index is -5.13. The number of hydrogen-bond donors (Lipinski definition) is 3. The van der Waals surface area contributed by atoms with Crippen LogP contribution in [0.3, 0.4) is 0 Å². The van der Waals surface area contributed by atoms with Crippen LogP contribution in [0.1, 0.15) is 20.3 Å². The Labute approximate surface area is 116 Å². The molecule has 3 N–H and O–H groups in total. The number of carboxylic acids is 1. The third-order valence-corrected chi connectivity index (χ3v) is 3.38. The number of nitrogens with one attached hydrogen (secondary N) is 2. The second kappa shape index (κ2) is 6.91. The van der Waals surface area contributed by atoms with Gasteiger partial charge in [-0.05, 0) is 20.3 Å². The average molecular weight is 318 g/mol. The molecule has 118 valence electrons. The zero-order chi connectivity index (χ0) is 16.1. The van der Waals surface area contributed by atoms with Crippen molar-refractivity contribution in [1.82, 2.24) is 10.6 Å². The summed E-state index contributed by atoms with van der Waals surface area (Å²) in [6.45, 7) is 1.87. The highest BCUT2D eigenvalue weighted by atomic mass is 32.2. The SMILES string of the molecule is CC(CCS(C)=O)NC(=O)NC(C)(C(=O)O)C(F)(F)F. The number of alkyl halides is 3. The van der Waals surface area contributed by atoms with Crippen LogP contribution in [-0.4, -0.2) is 51.1 Å². The summed E-state index contributed by atoms with van der Waals surface area (Å²) in [4.78, 5) is 22.1. The minimum Gasteiger partial charge on any atom is -0.479 e. The van der Waals surface area contributed by atoms with E-state index in [1.54, 1.807) is 0 Å². The van der Waals surface area contributed by atoms with Crippen molar-refractivity contribution in [3.63, 3.8) is 0 Å². The number of aliphatic carboxylic acids is 1. The zero-order valence-corrected chi connectivity index (χ0v) is 12.0. The van der Waals surface area contributed by atoms with Gasteiger partial charge in [-0.3, -0.25) is 4.21 Å². The summed E-state index contributed by atoms with van der Waals surface area (Å²) < 4.78 is 48.8. The van der Waals surface area contributed by atoms with Crippen LogP contribution in [0, 0.1) is 0 Å². The van der Waals surface area contributed by atoms with Crippen molar-refractivity contribution in [3.8, 4) is 0 Å². The lowest BCUT2D eigenvalue weighted by Gasteiger charge is -2.29. The predicted octanol–water partition coefficient (Wildman–Crippen LogP) is 0.848. The Kier molecular flexibility index (Phi) is 6.45. The summed E-state index contributed by atoms with van der Waals surface area (Å²) in [5, 5.41) is 12.2. The van der Waals surface area contributed by atoms with Crippen LogP contribution >= 0.6 is 0 Å². The fraction of sp³-hybridized carbons (Fsp3) is 0.800. The summed E-state index contributed by atoms with van der Waals surface area (Å²) in [5.74, 6) is -1.93. The van der Waals surface area contributed by atoms with E-state index in [0.717, 1.165) is 0 Å². The Morgan fingerprint density at radius 2 is 1.85 bits per heavy atom. The Hall–Kier alpha value is -1.32. The normalized spacial score (nSPS) is 17.7. The van der Waals surface area contributed by atoms with Crippen LogP contribution < -0.4 is 10.6 Å². The molecule has 0 rings (SSSR count). The highest BCUT2D eigenvalue weighted by Gasteiger charge is 2.58. The molecular formula is C10H17F3N2O4S. The van der Waals surface area contributed by atoms with E-state index in [0.29, 0.717) is 13.3 Å². The van der Waals surface area contributed by atoms with E-state index in [9.17, 15) is 27.0 Å². The van der Waals surface area contributed by atoms with E-state index in [-0.39, 0.29) is 5.75 Å². The van der Waals surface area contributed by atoms with Crippen LogP contribution in [0.15, 0.2) is 0 Å². The molecule has 0 aromatic carbocycles. The average Bonchev–Trinajstić information content (AvgIpc) is 2.24. The molecule has 0 fully saturated rings. The summed E-state index contributed by atoms with van der Waals surface area (Å²) >= 11 is 0. The van der Waals surface area contributed by atoms with Gasteiger partial charge in [-0.1, -0.05) is 0 Å². The van der Waals surface area contributed by atoms with Gasteiger partial charge in [0, 0.05) is 28.9 Å². The highest BCUT2D eigenvalue weighted by molar-refractivity contribution is 7.84. The number of carboxylic acid groups (broad SMARTS) is 1. The van der Waals surface area contributed by atoms with Crippen molar-refractivity contribution in [2.75, 3.05) is 12.0 Å². The van der Waals surface area contributed by atoms with Gasteiger partial charge in [0.05, 0.1) is 0 Å². The van der Waals surface area contributed by atoms with Crippen LogP contribution in [0.25, 0.3) is 0 Å². The van der Waals surface area contributed by atoms with Crippen molar-refractivity contribution >= 4 is 22.8 Å². The number of carbonyl (C=O) groups excluding carboxylic acids is 1. The van der Waals surface area contributed by atoms with E-state index >= 15 is 0 Å². The van der Waals surface area contributed by atoms with Crippen molar-refractivity contribution in [1.29, 1.82) is 0 Å². The first-order valence-corrected chi connectivity index (χ1v) is 7.31. The molecule has 0 radical (unpaired) electrons. The number of urea groups is 1. The first-order chi connectivity index (χ1) is 8.90. The molecule has 2 amide bonds. The van der Waals surface area contributed by atoms with Crippen molar-refractivity contribution in [3.05, 3.63) is 0 Å². The lowest BCUT2D eigenvalue weighted by Crippen LogP contribution is -2.64. The molecule has 3 atom stereocenters. The number of hydrogen-bond acceptors (Lipinski definition) is 3. The number of rotatable bonds is 6. The molecule has 0 aliphatic carbocycles. The second-order valence-corrected chi connectivity index (χ2v) is 6.05. The summed E-state index contributed by atoms with van der Waals surface area (Å²) in [7, 11) is -1.09. The fourth-order valence-corrected chi connectivity index (χ4v) is 1.83. The van der Waals surface area contributed by atoms with Gasteiger partial charge in [-0.25, -0.2) is 9.59 Å². The lowest BCUT2D eigenvalue weighted by atomic mass is 10.0. The molecule has 0 aromatic heterocycles. The van der Waals surface area contributed by atoms with Gasteiger partial charge >= 0.3 is 18.2 Å². The molecule has 0 aromatic rings. The summed E-state index contributed by atoms with van der Waals surface area (Å²) in [5.41, 5.74) is -3.37. The third kappa shape index (κ3) is 5.35. The maximum absolute atomic E-state index is 12.6. The Balaban J connectivity index is 4.65. The highest BCUT2D eigenvalue weighted by Crippen LogP contribution is 2.30. The first kappa shape index (κ1) is 18.7. The molecule has 6 nitrogen and oxygen atoms in total. The van der Waals surface area contributed by atoms with Crippen molar-refractivity contribution in [2.24, 2.45) is 0 Å². The smallest absolute Gasteiger partial charge is 0.422 e. The van der Waals surface area contributed by atoms with Gasteiger partial charge in [0.1, 0.15) is 0 Å². The van der Waals surface area contributed by atoms with Crippen LogP contribution in [0.2, 0.25) is 0 Å². The van der Waals surface area contributed by atoms with Gasteiger partial charge in [0.15, 0.2) is 0 Å². The molecule has 0 aliphatic heterocycles. The molecule has 3 unspecified atom stereocenters. The largest absolute Gasteiger partial charge is 0.479 e. The van der Waals surface area contributed by atoms with Gasteiger partial charge in [-0.2, -0.15) is 13.2 Å². The quantitative estimate of drug-likeness (QED) is 0.676. The molecule has 0 bridgehead atoms. The molecular weight excluding hydrogens is 301 g/mol. The third-order valence-electron chi connectivity index (χ3n) is 2.57. The standard InChI is InChI=1S/C10H17F3N2O4S/c1-6(4-5-20(3)19)14-8(18)15-9(2,7(16)17)10(11,12)13/h6H,4-5H2,1-3H3,(H,16,17)(H2,14,15,18). The van der Waals surface area contributed by atoms with Crippen LogP contribution in [-0.2, 0) is 15.6 Å². The monoisotopic (exact) mass is 318 g/mol. The molecule has 20 heavy (non-hydrogen) atoms. The van der Waals surface area contributed by atoms with Crippen LogP contribution in [0.4, 0.5) is 18.0 Å². The first-order valence-electron chi connectivity index (χ1n) is 5.59. The van der Waals surface area contributed by atoms with Gasteiger partial charge in [-0.15, -0.1) is 0 Å². The lowest BCUT2D eigenvalue weighted by molar-refractivity contribution is -0.203. The van der Waals surface area contributed by atoms with Gasteiger partial charge < -0.3 is 15.7 Å². The fourth-order valence-electron chi connectivity index (χ4n) is 1.15. The maximum atomic E-state index is 12.6. The molecule has 0 aliphatic rings. The molecule has 0 saturated heterocycles. The topological polar surface area (TPSA) is 95.5 Å². The Bertz CT molecular complexity index is 402. The number of amides is 2. The summed E-state index contributed by atoms with van der Waals surface area (Å²) in [6, 6.07) is -1.79. The Morgan fingerprint density at radius 1 is 1.35 bits per heavy atom. The van der Waals surface area contributed by atoms with E-state index in [2.05, 4.69) is 5.32 Å². The number of halogens is 3. The number of carbonyl (C=O) groups is 2. The van der Waals surface area contributed by atoms with E-state index < -0.39 is 40.6 Å². The van der Waals surface area contributed by atoms with Crippen molar-refractivity contribution in [2.45, 2.75) is 38.0 Å². The van der Waals surface area contributed by atoms with Crippen molar-refractivity contribution < 1.29 is 32.1 Å². The Morgan fingerprint density at radius 3 is 2.20 bits per heavy atom. The van der Waals surface area contributed by atoms with E-state index in [4.69, 9.17) is 5.11 Å². The minimum absolute atomic E-state index is 0.275. The van der Waals surface area contributed by atoms with Crippen LogP contribution in [0.5, 0.6) is 0 Å². The predicted molar refractivity (Wildman–Crippen MR) is 66.8 cm³/mol. The van der Waals surface area contributed by atoms with E-state index in [1.165, 1.54) is 18.5 Å². The zero-order valence-electron chi connectivity index (χ0n) is 11.2. The summed E-state index contributed by atoms with van der Waals surface area (Å²) in [6.07, 6.45) is -3.38. The molecule has 10 heteroatoms.